The molecule has 0 aromatic carbocycles. The number of amides is 2. The van der Waals surface area contributed by atoms with Gasteiger partial charge in [-0.3, -0.25) is 16.0 Å². The monoisotopic (exact) mass is 343 g/mol. The predicted octanol–water partition coefficient (Wildman–Crippen LogP) is -0.205. The lowest BCUT2D eigenvalue weighted by atomic mass is 9.93. The zero-order valence-electron chi connectivity index (χ0n) is 15.0. The van der Waals surface area contributed by atoms with Crippen molar-refractivity contribution in [2.45, 2.75) is 82.7 Å². The minimum atomic E-state index is -0.397. The largest absolute Gasteiger partial charge is 0.392 e. The molecule has 24 heavy (non-hydrogen) atoms. The second-order valence-electron chi connectivity index (χ2n) is 7.05. The van der Waals surface area contributed by atoms with E-state index in [-0.39, 0.29) is 36.7 Å². The molecule has 1 saturated heterocycles. The van der Waals surface area contributed by atoms with E-state index in [2.05, 4.69) is 33.5 Å². The Kier molecular flexibility index (Phi) is 7.70. The van der Waals surface area contributed by atoms with E-state index < -0.39 is 6.10 Å². The third-order valence-corrected chi connectivity index (χ3v) is 4.64. The Morgan fingerprint density at radius 2 is 2.08 bits per heavy atom. The van der Waals surface area contributed by atoms with Crippen LogP contribution < -0.4 is 26.6 Å². The lowest BCUT2D eigenvalue weighted by Gasteiger charge is -2.37. The van der Waals surface area contributed by atoms with Gasteiger partial charge in [0.2, 0.25) is 0 Å². The Hall–Kier alpha value is -0.930. The van der Waals surface area contributed by atoms with Crippen molar-refractivity contribution in [3.63, 3.8) is 0 Å². The first-order chi connectivity index (χ1) is 11.5. The number of carbonyl (C=O) groups excluding carboxylic acids is 1. The SMILES string of the molecule is COC1CCCC(NC(=O)NC2NC(C)CC(NCC(C)O)N2)C1. The first-order valence-electron chi connectivity index (χ1n) is 8.99. The topological polar surface area (TPSA) is 107 Å². The lowest BCUT2D eigenvalue weighted by Crippen LogP contribution is -2.68. The summed E-state index contributed by atoms with van der Waals surface area (Å²) in [5, 5.41) is 25.2. The number of urea groups is 1. The van der Waals surface area contributed by atoms with Crippen LogP contribution in [0, 0.1) is 0 Å². The maximum absolute atomic E-state index is 12.3. The van der Waals surface area contributed by atoms with E-state index in [0.717, 1.165) is 32.1 Å². The third kappa shape index (κ3) is 6.52. The van der Waals surface area contributed by atoms with Crippen LogP contribution in [0.2, 0.25) is 0 Å². The van der Waals surface area contributed by atoms with Gasteiger partial charge in [-0.25, -0.2) is 4.79 Å². The van der Waals surface area contributed by atoms with Crippen LogP contribution in [0.3, 0.4) is 0 Å². The summed E-state index contributed by atoms with van der Waals surface area (Å²) >= 11 is 0. The maximum Gasteiger partial charge on any atom is 0.317 e. The summed E-state index contributed by atoms with van der Waals surface area (Å²) in [6.45, 7) is 4.34. The van der Waals surface area contributed by atoms with Crippen LogP contribution in [0.25, 0.3) is 0 Å². The van der Waals surface area contributed by atoms with E-state index in [9.17, 15) is 9.90 Å². The molecule has 6 atom stereocenters. The number of aliphatic hydroxyl groups is 1. The van der Waals surface area contributed by atoms with Crippen molar-refractivity contribution < 1.29 is 14.6 Å². The fourth-order valence-corrected chi connectivity index (χ4v) is 3.41. The Labute approximate surface area is 144 Å². The molecule has 0 aromatic rings. The van der Waals surface area contributed by atoms with E-state index in [1.807, 2.05) is 0 Å². The molecule has 6 unspecified atom stereocenters. The molecule has 6 N–H and O–H groups in total. The van der Waals surface area contributed by atoms with E-state index in [0.29, 0.717) is 6.54 Å². The molecule has 0 radical (unpaired) electrons. The Bertz CT molecular complexity index is 396. The van der Waals surface area contributed by atoms with E-state index in [1.165, 1.54) is 0 Å². The van der Waals surface area contributed by atoms with Gasteiger partial charge in [-0.1, -0.05) is 0 Å². The van der Waals surface area contributed by atoms with Crippen molar-refractivity contribution in [3.8, 4) is 0 Å². The second-order valence-corrected chi connectivity index (χ2v) is 7.05. The van der Waals surface area contributed by atoms with E-state index >= 15 is 0 Å². The number of ether oxygens (including phenoxy) is 1. The molecular formula is C16H33N5O3. The predicted molar refractivity (Wildman–Crippen MR) is 92.3 cm³/mol. The lowest BCUT2D eigenvalue weighted by molar-refractivity contribution is 0.0601. The van der Waals surface area contributed by atoms with Crippen LogP contribution in [0.4, 0.5) is 4.79 Å². The summed E-state index contributed by atoms with van der Waals surface area (Å²) in [7, 11) is 1.73. The van der Waals surface area contributed by atoms with Crippen LogP contribution in [0.15, 0.2) is 0 Å². The summed E-state index contributed by atoms with van der Waals surface area (Å²) in [4.78, 5) is 12.3. The van der Waals surface area contributed by atoms with Crippen molar-refractivity contribution in [2.75, 3.05) is 13.7 Å². The Morgan fingerprint density at radius 3 is 2.79 bits per heavy atom. The molecule has 8 nitrogen and oxygen atoms in total. The molecule has 2 amide bonds. The van der Waals surface area contributed by atoms with Gasteiger partial charge in [0.15, 0.2) is 0 Å². The summed E-state index contributed by atoms with van der Waals surface area (Å²) in [5.74, 6) is 0. The number of rotatable bonds is 6. The number of aliphatic hydroxyl groups excluding tert-OH is 1. The number of hydrogen-bond acceptors (Lipinski definition) is 6. The molecule has 1 aliphatic carbocycles. The van der Waals surface area contributed by atoms with Crippen LogP contribution >= 0.6 is 0 Å². The molecule has 1 saturated carbocycles. The minimum Gasteiger partial charge on any atom is -0.392 e. The van der Waals surface area contributed by atoms with Crippen LogP contribution in [0.1, 0.15) is 46.0 Å². The van der Waals surface area contributed by atoms with Gasteiger partial charge in [-0.2, -0.15) is 0 Å². The first kappa shape index (κ1) is 19.4. The van der Waals surface area contributed by atoms with Crippen molar-refractivity contribution in [3.05, 3.63) is 0 Å². The molecule has 2 fully saturated rings. The average Bonchev–Trinajstić information content (AvgIpc) is 2.52. The van der Waals surface area contributed by atoms with Gasteiger partial charge in [0, 0.05) is 25.7 Å². The number of methoxy groups -OCH3 is 1. The van der Waals surface area contributed by atoms with Gasteiger partial charge in [0.1, 0.15) is 6.29 Å². The summed E-state index contributed by atoms with van der Waals surface area (Å²) in [6.07, 6.45) is 4.47. The average molecular weight is 343 g/mol. The fourth-order valence-electron chi connectivity index (χ4n) is 3.41. The highest BCUT2D eigenvalue weighted by Crippen LogP contribution is 2.20. The number of nitrogens with one attached hydrogen (secondary N) is 5. The van der Waals surface area contributed by atoms with Crippen LogP contribution in [0.5, 0.6) is 0 Å². The first-order valence-corrected chi connectivity index (χ1v) is 8.99. The fraction of sp³-hybridized carbons (Fsp3) is 0.938. The molecular weight excluding hydrogens is 310 g/mol. The highest BCUT2D eigenvalue weighted by molar-refractivity contribution is 5.74. The molecule has 1 heterocycles. The van der Waals surface area contributed by atoms with Gasteiger partial charge in [0.25, 0.3) is 0 Å². The Balaban J connectivity index is 1.75. The minimum absolute atomic E-state index is 0.0497. The molecule has 8 heteroatoms. The molecule has 1 aliphatic heterocycles. The van der Waals surface area contributed by atoms with Gasteiger partial charge in [-0.05, 0) is 46.0 Å². The summed E-state index contributed by atoms with van der Waals surface area (Å²) in [5.41, 5.74) is 0. The van der Waals surface area contributed by atoms with Crippen LogP contribution in [-0.4, -0.2) is 61.5 Å². The van der Waals surface area contributed by atoms with Gasteiger partial charge in [-0.15, -0.1) is 0 Å². The van der Waals surface area contributed by atoms with Crippen LogP contribution in [-0.2, 0) is 4.74 Å². The van der Waals surface area contributed by atoms with Gasteiger partial charge in [0.05, 0.1) is 18.4 Å². The maximum atomic E-state index is 12.3. The molecule has 2 rings (SSSR count). The zero-order chi connectivity index (χ0) is 17.5. The van der Waals surface area contributed by atoms with E-state index in [1.54, 1.807) is 14.0 Å². The zero-order valence-corrected chi connectivity index (χ0v) is 15.0. The quantitative estimate of drug-likeness (QED) is 0.399. The van der Waals surface area contributed by atoms with Gasteiger partial charge >= 0.3 is 6.03 Å². The standard InChI is InChI=1S/C16H33N5O3/c1-10-7-14(17-9-11(2)22)20-15(18-10)21-16(23)19-12-5-4-6-13(8-12)24-3/h10-15,17-18,20,22H,4-9H2,1-3H3,(H2,19,21,23). The third-order valence-electron chi connectivity index (χ3n) is 4.64. The molecule has 0 spiro atoms. The van der Waals surface area contributed by atoms with Crippen molar-refractivity contribution in [1.29, 1.82) is 0 Å². The smallest absolute Gasteiger partial charge is 0.317 e. The molecule has 140 valence electrons. The van der Waals surface area contributed by atoms with Crippen molar-refractivity contribution >= 4 is 6.03 Å². The molecule has 0 aromatic heterocycles. The highest BCUT2D eigenvalue weighted by atomic mass is 16.5. The molecule has 2 aliphatic rings. The van der Waals surface area contributed by atoms with Crippen molar-refractivity contribution in [2.24, 2.45) is 0 Å². The van der Waals surface area contributed by atoms with E-state index in [4.69, 9.17) is 4.74 Å². The van der Waals surface area contributed by atoms with Crippen molar-refractivity contribution in [1.82, 2.24) is 26.6 Å². The molecule has 0 bridgehead atoms. The highest BCUT2D eigenvalue weighted by Gasteiger charge is 2.27. The Morgan fingerprint density at radius 1 is 1.29 bits per heavy atom. The normalized spacial score (nSPS) is 35.2. The summed E-state index contributed by atoms with van der Waals surface area (Å²) < 4.78 is 5.40. The van der Waals surface area contributed by atoms with Gasteiger partial charge < -0.3 is 20.5 Å². The number of hydrogen-bond donors (Lipinski definition) is 6. The number of carbonyl (C=O) groups is 1. The second kappa shape index (κ2) is 9.53. The summed E-state index contributed by atoms with van der Waals surface area (Å²) in [6, 6.07) is 0.245.